The summed E-state index contributed by atoms with van der Waals surface area (Å²) in [6.45, 7) is 2.24. The van der Waals surface area contributed by atoms with Crippen molar-refractivity contribution in [1.82, 2.24) is 9.97 Å². The second-order valence-corrected chi connectivity index (χ2v) is 15.3. The van der Waals surface area contributed by atoms with Crippen LogP contribution in [-0.2, 0) is 0 Å². The van der Waals surface area contributed by atoms with E-state index in [0.717, 1.165) is 68.3 Å². The molecule has 0 spiro atoms. The lowest BCUT2D eigenvalue weighted by Gasteiger charge is -2.30. The summed E-state index contributed by atoms with van der Waals surface area (Å²) in [6, 6.07) is 74.6. The lowest BCUT2D eigenvalue weighted by molar-refractivity contribution is 0.532. The molecule has 0 radical (unpaired) electrons. The third kappa shape index (κ3) is 7.47. The van der Waals surface area contributed by atoms with Crippen LogP contribution in [0.15, 0.2) is 222 Å². The van der Waals surface area contributed by atoms with Crippen LogP contribution in [0.2, 0.25) is 0 Å². The Labute approximate surface area is 351 Å². The first-order valence-corrected chi connectivity index (χ1v) is 20.7. The van der Waals surface area contributed by atoms with E-state index in [1.165, 1.54) is 27.5 Å². The number of nitrogens with zero attached hydrogens (tertiary/aromatic N) is 4. The number of rotatable bonds is 9. The highest BCUT2D eigenvalue weighted by atomic mass is 15.0. The van der Waals surface area contributed by atoms with Gasteiger partial charge >= 0.3 is 0 Å². The molecule has 4 nitrogen and oxygen atoms in total. The first-order valence-electron chi connectivity index (χ1n) is 20.7. The Bertz CT molecular complexity index is 2920. The minimum Gasteiger partial charge on any atom is -0.257 e. The maximum Gasteiger partial charge on any atom is 0.160 e. The lowest BCUT2D eigenvalue weighted by Crippen LogP contribution is -2.28. The topological polar surface area (TPSA) is 50.5 Å². The number of hydrogen-bond acceptors (Lipinski definition) is 4. The van der Waals surface area contributed by atoms with Gasteiger partial charge in [0.2, 0.25) is 0 Å². The fourth-order valence-electron chi connectivity index (χ4n) is 8.31. The molecule has 10 rings (SSSR count). The number of amidine groups is 1. The van der Waals surface area contributed by atoms with Crippen molar-refractivity contribution in [1.29, 1.82) is 0 Å². The van der Waals surface area contributed by atoms with Gasteiger partial charge in [0.25, 0.3) is 0 Å². The molecule has 2 atom stereocenters. The molecule has 1 aliphatic rings. The fourth-order valence-corrected chi connectivity index (χ4v) is 8.31. The minimum atomic E-state index is -0.0391. The lowest BCUT2D eigenvalue weighted by atomic mass is 9.83. The molecule has 286 valence electrons. The molecule has 0 N–H and O–H groups in total. The highest BCUT2D eigenvalue weighted by molar-refractivity contribution is 6.15. The summed E-state index contributed by atoms with van der Waals surface area (Å²) in [5.41, 5.74) is 14.1. The van der Waals surface area contributed by atoms with Crippen LogP contribution in [0.3, 0.4) is 0 Å². The van der Waals surface area contributed by atoms with E-state index < -0.39 is 0 Å². The van der Waals surface area contributed by atoms with E-state index in [-0.39, 0.29) is 12.0 Å². The van der Waals surface area contributed by atoms with Gasteiger partial charge in [0.05, 0.1) is 23.1 Å². The molecule has 2 heterocycles. The van der Waals surface area contributed by atoms with Gasteiger partial charge in [-0.05, 0) is 68.8 Å². The maximum atomic E-state index is 5.31. The monoisotopic (exact) mass is 770 g/mol. The number of aromatic nitrogens is 2. The third-order valence-corrected chi connectivity index (χ3v) is 11.5. The molecule has 1 aromatic heterocycles. The van der Waals surface area contributed by atoms with Crippen molar-refractivity contribution >= 4 is 22.3 Å². The van der Waals surface area contributed by atoms with Gasteiger partial charge in [0.15, 0.2) is 11.7 Å². The zero-order valence-corrected chi connectivity index (χ0v) is 33.4. The quantitative estimate of drug-likeness (QED) is 0.147. The van der Waals surface area contributed by atoms with Gasteiger partial charge < -0.3 is 0 Å². The van der Waals surface area contributed by atoms with Crippen molar-refractivity contribution in [3.05, 3.63) is 229 Å². The molecule has 0 saturated heterocycles. The summed E-state index contributed by atoms with van der Waals surface area (Å²) >= 11 is 0. The van der Waals surface area contributed by atoms with E-state index >= 15 is 0 Å². The van der Waals surface area contributed by atoms with Gasteiger partial charge in [-0.1, -0.05) is 201 Å². The predicted molar refractivity (Wildman–Crippen MR) is 249 cm³/mol. The second-order valence-electron chi connectivity index (χ2n) is 15.3. The van der Waals surface area contributed by atoms with Crippen LogP contribution >= 0.6 is 0 Å². The fraction of sp³-hybridized carbons (Fsp3) is 0.0714. The standard InChI is InChI=1S/C56H42N4/c1-2-50-53(43-19-11-5-12-20-43)59-56(45-21-13-6-14-22-45)60-54(50)44-29-23-38(24-30-44)47-33-27-40-28-34-48(36-49(40)35-47)39-25-31-46(32-26-39)55-57-51(41-15-7-3-8-16-41)37-52(58-55)42-17-9-4-10-18-42/h3-37,50,54H,2H2,1H3. The number of fused-ring (bicyclic) bond motifs is 1. The van der Waals surface area contributed by atoms with Gasteiger partial charge in [-0.15, -0.1) is 0 Å². The summed E-state index contributed by atoms with van der Waals surface area (Å²) < 4.78 is 0. The van der Waals surface area contributed by atoms with E-state index in [0.29, 0.717) is 5.82 Å². The molecule has 0 saturated carbocycles. The van der Waals surface area contributed by atoms with Gasteiger partial charge in [-0.25, -0.2) is 15.0 Å². The van der Waals surface area contributed by atoms with Crippen LogP contribution < -0.4 is 0 Å². The summed E-state index contributed by atoms with van der Waals surface area (Å²) in [5, 5.41) is 2.41. The molecule has 2 unspecified atom stereocenters. The summed E-state index contributed by atoms with van der Waals surface area (Å²) in [4.78, 5) is 20.5. The average molecular weight is 771 g/mol. The van der Waals surface area contributed by atoms with E-state index in [1.807, 2.05) is 42.5 Å². The first kappa shape index (κ1) is 36.8. The molecule has 0 fully saturated rings. The molecule has 9 aromatic rings. The Morgan fingerprint density at radius 2 is 0.833 bits per heavy atom. The van der Waals surface area contributed by atoms with Crippen molar-refractivity contribution in [2.45, 2.75) is 19.4 Å². The normalized spacial score (nSPS) is 15.0. The zero-order valence-electron chi connectivity index (χ0n) is 33.4. The molecule has 0 amide bonds. The summed E-state index contributed by atoms with van der Waals surface area (Å²) in [7, 11) is 0. The third-order valence-electron chi connectivity index (χ3n) is 11.5. The molecule has 0 aliphatic carbocycles. The minimum absolute atomic E-state index is 0.0391. The van der Waals surface area contributed by atoms with E-state index in [1.54, 1.807) is 0 Å². The van der Waals surface area contributed by atoms with Crippen molar-refractivity contribution < 1.29 is 0 Å². The van der Waals surface area contributed by atoms with Gasteiger partial charge in [-0.3, -0.25) is 4.99 Å². The van der Waals surface area contributed by atoms with Crippen LogP contribution in [0.4, 0.5) is 0 Å². The van der Waals surface area contributed by atoms with E-state index in [2.05, 4.69) is 177 Å². The Morgan fingerprint density at radius 3 is 1.35 bits per heavy atom. The molecular formula is C56H42N4. The second kappa shape index (κ2) is 16.4. The van der Waals surface area contributed by atoms with Crippen LogP contribution in [0.25, 0.3) is 66.9 Å². The van der Waals surface area contributed by atoms with Crippen LogP contribution in [0, 0.1) is 5.92 Å². The molecule has 4 heteroatoms. The molecule has 60 heavy (non-hydrogen) atoms. The SMILES string of the molecule is CCC1C(c2ccccc2)=NC(c2ccccc2)=NC1c1ccc(-c2ccc3ccc(-c4ccc(-c5nc(-c6ccccc6)cc(-c6ccccc6)n5)cc4)cc3c2)cc1. The number of aliphatic imine (C=N–C) groups is 2. The Morgan fingerprint density at radius 1 is 0.383 bits per heavy atom. The summed E-state index contributed by atoms with van der Waals surface area (Å²) in [6.07, 6.45) is 0.936. The van der Waals surface area contributed by atoms with Gasteiger partial charge in [-0.2, -0.15) is 0 Å². The Kier molecular flexibility index (Phi) is 10.0. The van der Waals surface area contributed by atoms with Crippen LogP contribution in [0.1, 0.15) is 36.1 Å². The highest BCUT2D eigenvalue weighted by Gasteiger charge is 2.31. The zero-order chi connectivity index (χ0) is 40.3. The number of hydrogen-bond donors (Lipinski definition) is 0. The smallest absolute Gasteiger partial charge is 0.160 e. The van der Waals surface area contributed by atoms with Gasteiger partial charge in [0.1, 0.15) is 0 Å². The van der Waals surface area contributed by atoms with Crippen molar-refractivity contribution in [2.75, 3.05) is 0 Å². The molecule has 1 aliphatic heterocycles. The molecule has 8 aromatic carbocycles. The maximum absolute atomic E-state index is 5.31. The van der Waals surface area contributed by atoms with Crippen LogP contribution in [0.5, 0.6) is 0 Å². The van der Waals surface area contributed by atoms with Crippen molar-refractivity contribution in [3.63, 3.8) is 0 Å². The largest absolute Gasteiger partial charge is 0.257 e. The number of benzene rings is 8. The van der Waals surface area contributed by atoms with Gasteiger partial charge in [0, 0.05) is 28.2 Å². The van der Waals surface area contributed by atoms with E-state index in [9.17, 15) is 0 Å². The Hall–Kier alpha value is -7.56. The highest BCUT2D eigenvalue weighted by Crippen LogP contribution is 2.38. The van der Waals surface area contributed by atoms with Crippen molar-refractivity contribution in [2.24, 2.45) is 15.9 Å². The first-order chi connectivity index (χ1) is 29.7. The van der Waals surface area contributed by atoms with Crippen molar-refractivity contribution in [3.8, 4) is 56.2 Å². The molecular weight excluding hydrogens is 729 g/mol. The van der Waals surface area contributed by atoms with E-state index in [4.69, 9.17) is 20.0 Å². The Balaban J connectivity index is 0.935. The predicted octanol–water partition coefficient (Wildman–Crippen LogP) is 14.0. The van der Waals surface area contributed by atoms with Crippen LogP contribution in [-0.4, -0.2) is 21.5 Å². The summed E-state index contributed by atoms with van der Waals surface area (Å²) in [5.74, 6) is 1.66. The average Bonchev–Trinajstić information content (AvgIpc) is 3.34. The molecule has 0 bridgehead atoms.